The number of nitrogens with one attached hydrogen (secondary N) is 1. The summed E-state index contributed by atoms with van der Waals surface area (Å²) in [5.41, 5.74) is 1.63. The average molecular weight is 296 g/mol. The Morgan fingerprint density at radius 3 is 2.35 bits per heavy atom. The molecule has 5 heteroatoms. The average Bonchev–Trinajstić information content (AvgIpc) is 2.66. The molecule has 1 aromatic carbocycles. The van der Waals surface area contributed by atoms with Crippen molar-refractivity contribution in [2.75, 3.05) is 6.54 Å². The molecule has 0 amide bonds. The molecule has 108 valence electrons. The van der Waals surface area contributed by atoms with Gasteiger partial charge in [0.1, 0.15) is 11.6 Å². The first kappa shape index (κ1) is 15.1. The quantitative estimate of drug-likeness (QED) is 0.904. The molecule has 0 radical (unpaired) electrons. The van der Waals surface area contributed by atoms with Gasteiger partial charge in [-0.15, -0.1) is 11.3 Å². The van der Waals surface area contributed by atoms with Crippen molar-refractivity contribution in [3.8, 4) is 0 Å². The van der Waals surface area contributed by atoms with Crippen molar-refractivity contribution in [1.82, 2.24) is 10.3 Å². The topological polar surface area (TPSA) is 24.9 Å². The van der Waals surface area contributed by atoms with E-state index in [0.717, 1.165) is 28.2 Å². The first-order valence-electron chi connectivity index (χ1n) is 6.62. The van der Waals surface area contributed by atoms with Crippen LogP contribution in [-0.4, -0.2) is 11.5 Å². The number of nitrogens with zero attached hydrogens (tertiary/aromatic N) is 1. The molecule has 0 saturated carbocycles. The summed E-state index contributed by atoms with van der Waals surface area (Å²) in [4.78, 5) is 5.55. The van der Waals surface area contributed by atoms with E-state index >= 15 is 0 Å². The Bertz CT molecular complexity index is 575. The second kappa shape index (κ2) is 6.41. The smallest absolute Gasteiger partial charge is 0.126 e. The van der Waals surface area contributed by atoms with Gasteiger partial charge in [0.2, 0.25) is 0 Å². The molecule has 1 N–H and O–H groups in total. The van der Waals surface area contributed by atoms with Crippen LogP contribution in [0, 0.1) is 25.5 Å². The number of rotatable bonds is 5. The highest BCUT2D eigenvalue weighted by Gasteiger charge is 2.18. The molecular weight excluding hydrogens is 278 g/mol. The van der Waals surface area contributed by atoms with E-state index in [1.54, 1.807) is 11.3 Å². The van der Waals surface area contributed by atoms with Gasteiger partial charge < -0.3 is 5.32 Å². The van der Waals surface area contributed by atoms with Gasteiger partial charge in [-0.2, -0.15) is 0 Å². The minimum atomic E-state index is -0.535. The van der Waals surface area contributed by atoms with E-state index in [1.807, 2.05) is 20.8 Å². The molecule has 0 aliphatic carbocycles. The van der Waals surface area contributed by atoms with Crippen LogP contribution in [0.4, 0.5) is 8.78 Å². The Hall–Kier alpha value is -1.33. The third kappa shape index (κ3) is 3.61. The third-order valence-corrected chi connectivity index (χ3v) is 4.26. The Balaban J connectivity index is 2.27. The molecule has 0 aliphatic heterocycles. The highest BCUT2D eigenvalue weighted by atomic mass is 32.1. The summed E-state index contributed by atoms with van der Waals surface area (Å²) < 4.78 is 26.6. The van der Waals surface area contributed by atoms with Gasteiger partial charge in [0.25, 0.3) is 0 Å². The second-order valence-electron chi connectivity index (χ2n) is 4.77. The van der Waals surface area contributed by atoms with Crippen LogP contribution < -0.4 is 5.32 Å². The van der Waals surface area contributed by atoms with Gasteiger partial charge in [-0.25, -0.2) is 13.8 Å². The van der Waals surface area contributed by atoms with E-state index in [4.69, 9.17) is 0 Å². The van der Waals surface area contributed by atoms with Crippen molar-refractivity contribution in [2.45, 2.75) is 33.2 Å². The van der Waals surface area contributed by atoms with Crippen LogP contribution >= 0.6 is 11.3 Å². The standard InChI is InChI=1S/C15H18F2N2S/c1-4-18-14(15-9(2)19-10(3)20-15)7-11-5-12(16)8-13(17)6-11/h5-6,8,14,18H,4,7H2,1-3H3. The van der Waals surface area contributed by atoms with Crippen LogP contribution in [-0.2, 0) is 6.42 Å². The van der Waals surface area contributed by atoms with Gasteiger partial charge in [-0.05, 0) is 44.5 Å². The van der Waals surface area contributed by atoms with E-state index in [1.165, 1.54) is 12.1 Å². The van der Waals surface area contributed by atoms with Crippen molar-refractivity contribution in [2.24, 2.45) is 0 Å². The molecule has 2 nitrogen and oxygen atoms in total. The zero-order valence-electron chi connectivity index (χ0n) is 11.8. The fraction of sp³-hybridized carbons (Fsp3) is 0.400. The van der Waals surface area contributed by atoms with Crippen LogP contribution in [0.15, 0.2) is 18.2 Å². The first-order valence-corrected chi connectivity index (χ1v) is 7.43. The van der Waals surface area contributed by atoms with Gasteiger partial charge in [0.05, 0.1) is 10.7 Å². The normalized spacial score (nSPS) is 12.7. The molecule has 1 atom stereocenters. The van der Waals surface area contributed by atoms with Crippen molar-refractivity contribution in [3.63, 3.8) is 0 Å². The Kier molecular flexibility index (Phi) is 4.83. The van der Waals surface area contributed by atoms with Crippen LogP contribution in [0.1, 0.15) is 34.1 Å². The Morgan fingerprint density at radius 1 is 1.20 bits per heavy atom. The summed E-state index contributed by atoms with van der Waals surface area (Å²) in [6.07, 6.45) is 0.547. The summed E-state index contributed by atoms with van der Waals surface area (Å²) in [5.74, 6) is -1.07. The lowest BCUT2D eigenvalue weighted by molar-refractivity contribution is 0.543. The number of likely N-dealkylation sites (N-methyl/N-ethyl adjacent to an activating group) is 1. The van der Waals surface area contributed by atoms with Crippen LogP contribution in [0.25, 0.3) is 0 Å². The van der Waals surface area contributed by atoms with Crippen molar-refractivity contribution < 1.29 is 8.78 Å². The van der Waals surface area contributed by atoms with Crippen molar-refractivity contribution in [3.05, 3.63) is 51.0 Å². The monoisotopic (exact) mass is 296 g/mol. The number of halogens is 2. The number of thiazole rings is 1. The SMILES string of the molecule is CCNC(Cc1cc(F)cc(F)c1)c1sc(C)nc1C. The zero-order chi connectivity index (χ0) is 14.7. The highest BCUT2D eigenvalue weighted by Crippen LogP contribution is 2.28. The summed E-state index contributed by atoms with van der Waals surface area (Å²) in [6.45, 7) is 6.74. The predicted molar refractivity (Wildman–Crippen MR) is 78.1 cm³/mol. The number of aromatic nitrogens is 1. The Labute approximate surface area is 121 Å². The van der Waals surface area contributed by atoms with E-state index in [2.05, 4.69) is 10.3 Å². The summed E-state index contributed by atoms with van der Waals surface area (Å²) in [7, 11) is 0. The van der Waals surface area contributed by atoms with E-state index in [-0.39, 0.29) is 6.04 Å². The van der Waals surface area contributed by atoms with Gasteiger partial charge in [-0.3, -0.25) is 0 Å². The lowest BCUT2D eigenvalue weighted by Gasteiger charge is -2.17. The predicted octanol–water partition coefficient (Wildman–Crippen LogP) is 3.93. The zero-order valence-corrected chi connectivity index (χ0v) is 12.7. The second-order valence-corrected chi connectivity index (χ2v) is 6.01. The molecule has 1 aromatic heterocycles. The van der Waals surface area contributed by atoms with E-state index in [9.17, 15) is 8.78 Å². The fourth-order valence-electron chi connectivity index (χ4n) is 2.34. The summed E-state index contributed by atoms with van der Waals surface area (Å²) >= 11 is 1.63. The molecular formula is C15H18F2N2S. The molecule has 0 fully saturated rings. The number of benzene rings is 1. The van der Waals surface area contributed by atoms with Crippen LogP contribution in [0.2, 0.25) is 0 Å². The maximum Gasteiger partial charge on any atom is 0.126 e. The minimum absolute atomic E-state index is 0.0346. The lowest BCUT2D eigenvalue weighted by Crippen LogP contribution is -2.23. The molecule has 2 aromatic rings. The van der Waals surface area contributed by atoms with Gasteiger partial charge in [0, 0.05) is 17.0 Å². The molecule has 1 unspecified atom stereocenters. The number of hydrogen-bond donors (Lipinski definition) is 1. The van der Waals surface area contributed by atoms with Gasteiger partial charge in [0.15, 0.2) is 0 Å². The molecule has 1 heterocycles. The molecule has 0 spiro atoms. The number of hydrogen-bond acceptors (Lipinski definition) is 3. The van der Waals surface area contributed by atoms with E-state index < -0.39 is 11.6 Å². The van der Waals surface area contributed by atoms with Crippen molar-refractivity contribution >= 4 is 11.3 Å². The van der Waals surface area contributed by atoms with Crippen LogP contribution in [0.5, 0.6) is 0 Å². The minimum Gasteiger partial charge on any atom is -0.309 e. The molecule has 20 heavy (non-hydrogen) atoms. The highest BCUT2D eigenvalue weighted by molar-refractivity contribution is 7.11. The largest absolute Gasteiger partial charge is 0.309 e. The molecule has 0 bridgehead atoms. The van der Waals surface area contributed by atoms with Crippen molar-refractivity contribution in [1.29, 1.82) is 0 Å². The first-order chi connectivity index (χ1) is 9.49. The number of aryl methyl sites for hydroxylation is 2. The van der Waals surface area contributed by atoms with Gasteiger partial charge in [-0.1, -0.05) is 6.92 Å². The Morgan fingerprint density at radius 2 is 1.85 bits per heavy atom. The molecule has 0 saturated heterocycles. The van der Waals surface area contributed by atoms with Crippen LogP contribution in [0.3, 0.4) is 0 Å². The molecule has 0 aliphatic rings. The maximum atomic E-state index is 13.3. The van der Waals surface area contributed by atoms with Gasteiger partial charge >= 0.3 is 0 Å². The fourth-order valence-corrected chi connectivity index (χ4v) is 3.34. The maximum absolute atomic E-state index is 13.3. The summed E-state index contributed by atoms with van der Waals surface area (Å²) in [5, 5.41) is 4.37. The lowest BCUT2D eigenvalue weighted by atomic mass is 10.0. The third-order valence-electron chi connectivity index (χ3n) is 3.07. The summed E-state index contributed by atoms with van der Waals surface area (Å²) in [6, 6.07) is 3.70. The molecule has 2 rings (SSSR count). The van der Waals surface area contributed by atoms with E-state index in [0.29, 0.717) is 12.0 Å².